The molecule has 1 rings (SSSR count). The van der Waals surface area contributed by atoms with Gasteiger partial charge in [-0.2, -0.15) is 0 Å². The van der Waals surface area contributed by atoms with E-state index in [-0.39, 0.29) is 23.9 Å². The van der Waals surface area contributed by atoms with Crippen molar-refractivity contribution in [1.82, 2.24) is 0 Å². The summed E-state index contributed by atoms with van der Waals surface area (Å²) in [5, 5.41) is 37.8. The van der Waals surface area contributed by atoms with Crippen LogP contribution in [0.1, 0.15) is 32.4 Å². The first kappa shape index (κ1) is 12.9. The number of hydrogen-bond acceptors (Lipinski definition) is 5. The molecule has 0 spiro atoms. The van der Waals surface area contributed by atoms with E-state index in [1.807, 2.05) is 0 Å². The average molecular weight is 230 g/mol. The van der Waals surface area contributed by atoms with Crippen molar-refractivity contribution in [3.8, 4) is 11.5 Å². The Morgan fingerprint density at radius 1 is 1.38 bits per heavy atom. The Kier molecular flexibility index (Phi) is 3.50. The van der Waals surface area contributed by atoms with E-state index in [2.05, 4.69) is 0 Å². The maximum absolute atomic E-state index is 10.0. The van der Waals surface area contributed by atoms with E-state index < -0.39 is 17.4 Å². The number of rotatable bonds is 4. The predicted octanol–water partition coefficient (Wildman–Crippen LogP) is 1.17. The first-order chi connectivity index (χ1) is 7.31. The Morgan fingerprint density at radius 3 is 2.31 bits per heavy atom. The molecule has 0 aliphatic rings. The lowest BCUT2D eigenvalue weighted by Gasteiger charge is -2.31. The summed E-state index contributed by atoms with van der Waals surface area (Å²) in [7, 11) is 0. The third-order valence-electron chi connectivity index (χ3n) is 2.87. The third kappa shape index (κ3) is 2.15. The van der Waals surface area contributed by atoms with Gasteiger partial charge in [-0.3, -0.25) is 0 Å². The van der Waals surface area contributed by atoms with Crippen molar-refractivity contribution in [2.75, 3.05) is 6.61 Å². The Labute approximate surface area is 94.0 Å². The van der Waals surface area contributed by atoms with Crippen molar-refractivity contribution in [2.45, 2.75) is 32.8 Å². The van der Waals surface area contributed by atoms with Crippen molar-refractivity contribution in [3.63, 3.8) is 0 Å². The molecule has 16 heavy (non-hydrogen) atoms. The van der Waals surface area contributed by atoms with Crippen molar-refractivity contribution < 1.29 is 24.8 Å². The van der Waals surface area contributed by atoms with E-state index in [1.165, 1.54) is 0 Å². The maximum atomic E-state index is 10.0. The van der Waals surface area contributed by atoms with Crippen LogP contribution in [-0.4, -0.2) is 33.1 Å². The van der Waals surface area contributed by atoms with Gasteiger partial charge in [-0.05, 0) is 0 Å². The molecule has 5 nitrogen and oxygen atoms in total. The third-order valence-corrected chi connectivity index (χ3v) is 2.87. The topological polar surface area (TPSA) is 94.1 Å². The normalized spacial score (nSPS) is 16.1. The zero-order chi connectivity index (χ0) is 12.5. The predicted molar refractivity (Wildman–Crippen MR) is 57.3 cm³/mol. The lowest BCUT2D eigenvalue weighted by molar-refractivity contribution is -0.0104. The zero-order valence-corrected chi connectivity index (χ0v) is 9.64. The average Bonchev–Trinajstić information content (AvgIpc) is 2.58. The number of aliphatic hydroxyl groups is 2. The molecule has 1 aromatic heterocycles. The summed E-state index contributed by atoms with van der Waals surface area (Å²) in [4.78, 5) is 0. The van der Waals surface area contributed by atoms with Gasteiger partial charge in [-0.15, -0.1) is 0 Å². The molecule has 5 heteroatoms. The summed E-state index contributed by atoms with van der Waals surface area (Å²) in [6.45, 7) is 4.87. The van der Waals surface area contributed by atoms with Gasteiger partial charge in [-0.25, -0.2) is 0 Å². The van der Waals surface area contributed by atoms with E-state index in [0.717, 1.165) is 6.26 Å². The first-order valence-corrected chi connectivity index (χ1v) is 5.09. The fourth-order valence-corrected chi connectivity index (χ4v) is 1.59. The van der Waals surface area contributed by atoms with Gasteiger partial charge in [0.15, 0.2) is 17.3 Å². The van der Waals surface area contributed by atoms with Gasteiger partial charge < -0.3 is 24.8 Å². The van der Waals surface area contributed by atoms with E-state index in [1.54, 1.807) is 20.8 Å². The van der Waals surface area contributed by atoms with Crippen LogP contribution in [0.4, 0.5) is 0 Å². The van der Waals surface area contributed by atoms with Gasteiger partial charge in [0.25, 0.3) is 0 Å². The van der Waals surface area contributed by atoms with Gasteiger partial charge in [-0.1, -0.05) is 20.8 Å². The standard InChI is InChI=1S/C11H18O5/c1-6(10(15)11(2,3)5-12)9-8(14)7(13)4-16-9/h4,6,10,12-15H,5H2,1-3H3/t6-,10+/m1/s1. The summed E-state index contributed by atoms with van der Waals surface area (Å²) < 4.78 is 4.98. The molecule has 0 unspecified atom stereocenters. The molecule has 0 saturated heterocycles. The van der Waals surface area contributed by atoms with Crippen LogP contribution in [0.25, 0.3) is 0 Å². The minimum atomic E-state index is -0.894. The molecule has 0 fully saturated rings. The van der Waals surface area contributed by atoms with E-state index in [9.17, 15) is 10.2 Å². The molecule has 2 atom stereocenters. The summed E-state index contributed by atoms with van der Waals surface area (Å²) in [5.41, 5.74) is -0.714. The lowest BCUT2D eigenvalue weighted by Crippen LogP contribution is -2.36. The van der Waals surface area contributed by atoms with E-state index in [4.69, 9.17) is 14.6 Å². The minimum Gasteiger partial charge on any atom is -0.502 e. The van der Waals surface area contributed by atoms with Crippen molar-refractivity contribution >= 4 is 0 Å². The Balaban J connectivity index is 2.94. The van der Waals surface area contributed by atoms with Crippen LogP contribution in [-0.2, 0) is 0 Å². The van der Waals surface area contributed by atoms with Crippen LogP contribution in [0.15, 0.2) is 10.7 Å². The summed E-state index contributed by atoms with van der Waals surface area (Å²) in [5.74, 6) is -1.12. The largest absolute Gasteiger partial charge is 0.502 e. The molecule has 0 aliphatic carbocycles. The molecule has 0 saturated carbocycles. The van der Waals surface area contributed by atoms with Crippen LogP contribution >= 0.6 is 0 Å². The molecule has 0 aliphatic heterocycles. The fraction of sp³-hybridized carbons (Fsp3) is 0.636. The van der Waals surface area contributed by atoms with Crippen molar-refractivity contribution in [3.05, 3.63) is 12.0 Å². The quantitative estimate of drug-likeness (QED) is 0.623. The van der Waals surface area contributed by atoms with Crippen LogP contribution in [0.2, 0.25) is 0 Å². The van der Waals surface area contributed by atoms with Gasteiger partial charge >= 0.3 is 0 Å². The summed E-state index contributed by atoms with van der Waals surface area (Å²) >= 11 is 0. The van der Waals surface area contributed by atoms with Gasteiger partial charge in [0.05, 0.1) is 12.7 Å². The highest BCUT2D eigenvalue weighted by Gasteiger charge is 2.35. The highest BCUT2D eigenvalue weighted by Crippen LogP contribution is 2.40. The highest BCUT2D eigenvalue weighted by atomic mass is 16.4. The molecule has 0 radical (unpaired) electrons. The van der Waals surface area contributed by atoms with E-state index >= 15 is 0 Å². The molecular formula is C11H18O5. The van der Waals surface area contributed by atoms with Crippen molar-refractivity contribution in [1.29, 1.82) is 0 Å². The molecule has 1 aromatic rings. The van der Waals surface area contributed by atoms with Gasteiger partial charge in [0.1, 0.15) is 6.26 Å². The second kappa shape index (κ2) is 4.35. The Morgan fingerprint density at radius 2 is 1.94 bits per heavy atom. The molecule has 0 bridgehead atoms. The number of aliphatic hydroxyl groups excluding tert-OH is 2. The number of furan rings is 1. The number of aromatic hydroxyl groups is 2. The zero-order valence-electron chi connectivity index (χ0n) is 9.64. The lowest BCUT2D eigenvalue weighted by atomic mass is 9.80. The van der Waals surface area contributed by atoms with Gasteiger partial charge in [0.2, 0.25) is 0 Å². The molecule has 0 amide bonds. The molecule has 4 N–H and O–H groups in total. The maximum Gasteiger partial charge on any atom is 0.200 e. The molecule has 0 aromatic carbocycles. The molecular weight excluding hydrogens is 212 g/mol. The van der Waals surface area contributed by atoms with Crippen LogP contribution < -0.4 is 0 Å². The van der Waals surface area contributed by atoms with E-state index in [0.29, 0.717) is 0 Å². The fourth-order valence-electron chi connectivity index (χ4n) is 1.59. The monoisotopic (exact) mass is 230 g/mol. The van der Waals surface area contributed by atoms with Crippen LogP contribution in [0.5, 0.6) is 11.5 Å². The van der Waals surface area contributed by atoms with Gasteiger partial charge in [0, 0.05) is 11.3 Å². The minimum absolute atomic E-state index is 0.117. The Hall–Kier alpha value is -1.20. The first-order valence-electron chi connectivity index (χ1n) is 5.09. The molecule has 1 heterocycles. The Bertz CT molecular complexity index is 355. The highest BCUT2D eigenvalue weighted by molar-refractivity contribution is 5.40. The van der Waals surface area contributed by atoms with Crippen LogP contribution in [0.3, 0.4) is 0 Å². The SMILES string of the molecule is C[C@H](c1occ(O)c1O)[C@H](O)C(C)(C)CO. The van der Waals surface area contributed by atoms with Crippen LogP contribution in [0, 0.1) is 5.41 Å². The second-order valence-electron chi connectivity index (χ2n) is 4.71. The second-order valence-corrected chi connectivity index (χ2v) is 4.71. The van der Waals surface area contributed by atoms with Crippen molar-refractivity contribution in [2.24, 2.45) is 5.41 Å². The summed E-state index contributed by atoms with van der Waals surface area (Å²) in [6.07, 6.45) is 0.119. The smallest absolute Gasteiger partial charge is 0.200 e. The molecule has 92 valence electrons. The summed E-state index contributed by atoms with van der Waals surface area (Å²) in [6, 6.07) is 0. The number of hydrogen-bond donors (Lipinski definition) is 4.